The number of sulfonamides is 1. The number of anilines is 1. The van der Waals surface area contributed by atoms with Crippen LogP contribution in [0.4, 0.5) is 5.69 Å². The van der Waals surface area contributed by atoms with Gasteiger partial charge in [-0.05, 0) is 50.2 Å². The van der Waals surface area contributed by atoms with E-state index in [1.165, 1.54) is 11.3 Å². The maximum absolute atomic E-state index is 12.5. The molecule has 8 heteroatoms. The number of hydrogen-bond donors (Lipinski definition) is 1. The average Bonchev–Trinajstić information content (AvgIpc) is 3.02. The van der Waals surface area contributed by atoms with Crippen molar-refractivity contribution in [3.8, 4) is 0 Å². The van der Waals surface area contributed by atoms with Gasteiger partial charge >= 0.3 is 0 Å². The molecule has 1 amide bonds. The first kappa shape index (κ1) is 17.9. The Hall–Kier alpha value is -1.90. The molecule has 2 heterocycles. The predicted molar refractivity (Wildman–Crippen MR) is 97.6 cm³/mol. The van der Waals surface area contributed by atoms with Crippen molar-refractivity contribution in [3.63, 3.8) is 0 Å². The minimum Gasteiger partial charge on any atom is -0.375 e. The zero-order valence-corrected chi connectivity index (χ0v) is 15.7. The summed E-state index contributed by atoms with van der Waals surface area (Å²) in [5.41, 5.74) is 0.960. The minimum atomic E-state index is -3.60. The zero-order chi connectivity index (χ0) is 18.0. The van der Waals surface area contributed by atoms with Crippen molar-refractivity contribution in [2.45, 2.75) is 24.2 Å². The van der Waals surface area contributed by atoms with E-state index in [9.17, 15) is 13.2 Å². The van der Waals surface area contributed by atoms with Gasteiger partial charge in [-0.2, -0.15) is 0 Å². The Kier molecular flexibility index (Phi) is 5.12. The molecule has 2 aromatic rings. The Morgan fingerprint density at radius 3 is 2.56 bits per heavy atom. The summed E-state index contributed by atoms with van der Waals surface area (Å²) in [5.74, 6) is -0.0709. The lowest BCUT2D eigenvalue weighted by atomic mass is 10.1. The number of benzene rings is 1. The van der Waals surface area contributed by atoms with Gasteiger partial charge in [0, 0.05) is 29.2 Å². The standard InChI is InChI=1S/C17H20N2O4S2/c1-12-11-19(9-10-23-12)17(20)14-4-6-15(7-5-14)18-25(21,22)16-8-3-13(2)24-16/h3-8,12,18H,9-11H2,1-2H3. The molecule has 1 aromatic carbocycles. The number of aryl methyl sites for hydroxylation is 1. The van der Waals surface area contributed by atoms with E-state index in [-0.39, 0.29) is 16.2 Å². The fourth-order valence-electron chi connectivity index (χ4n) is 2.63. The second-order valence-electron chi connectivity index (χ2n) is 5.98. The molecule has 1 atom stereocenters. The van der Waals surface area contributed by atoms with Gasteiger partial charge < -0.3 is 9.64 Å². The second-order valence-corrected chi connectivity index (χ2v) is 9.18. The number of carbonyl (C=O) groups excluding carboxylic acids is 1. The van der Waals surface area contributed by atoms with E-state index >= 15 is 0 Å². The summed E-state index contributed by atoms with van der Waals surface area (Å²) in [6, 6.07) is 9.84. The van der Waals surface area contributed by atoms with Crippen LogP contribution in [0.2, 0.25) is 0 Å². The lowest BCUT2D eigenvalue weighted by Crippen LogP contribution is -2.44. The van der Waals surface area contributed by atoms with Crippen molar-refractivity contribution in [1.82, 2.24) is 4.90 Å². The molecule has 1 aliphatic heterocycles. The lowest BCUT2D eigenvalue weighted by molar-refractivity contribution is -0.0124. The van der Waals surface area contributed by atoms with Gasteiger partial charge in [-0.25, -0.2) is 8.42 Å². The molecule has 0 spiro atoms. The van der Waals surface area contributed by atoms with Crippen molar-refractivity contribution in [2.75, 3.05) is 24.4 Å². The summed E-state index contributed by atoms with van der Waals surface area (Å²) in [6.45, 7) is 5.45. The highest BCUT2D eigenvalue weighted by Crippen LogP contribution is 2.23. The molecule has 1 N–H and O–H groups in total. The minimum absolute atomic E-state index is 0.0260. The Morgan fingerprint density at radius 1 is 1.24 bits per heavy atom. The van der Waals surface area contributed by atoms with Crippen molar-refractivity contribution in [2.24, 2.45) is 0 Å². The molecule has 1 aliphatic rings. The number of rotatable bonds is 4. The molecule has 0 saturated carbocycles. The van der Waals surface area contributed by atoms with Crippen molar-refractivity contribution in [3.05, 3.63) is 46.8 Å². The summed E-state index contributed by atoms with van der Waals surface area (Å²) in [5, 5.41) is 0. The molecule has 0 aliphatic carbocycles. The zero-order valence-electron chi connectivity index (χ0n) is 14.1. The summed E-state index contributed by atoms with van der Waals surface area (Å²) in [7, 11) is -3.60. The second kappa shape index (κ2) is 7.15. The van der Waals surface area contributed by atoms with Gasteiger partial charge in [-0.3, -0.25) is 9.52 Å². The van der Waals surface area contributed by atoms with Gasteiger partial charge in [0.2, 0.25) is 0 Å². The molecule has 3 rings (SSSR count). The van der Waals surface area contributed by atoms with Gasteiger partial charge in [0.05, 0.1) is 12.7 Å². The number of morpholine rings is 1. The topological polar surface area (TPSA) is 75.7 Å². The maximum Gasteiger partial charge on any atom is 0.271 e. The van der Waals surface area contributed by atoms with Crippen molar-refractivity contribution < 1.29 is 17.9 Å². The van der Waals surface area contributed by atoms with E-state index in [0.29, 0.717) is 30.9 Å². The van der Waals surface area contributed by atoms with Gasteiger partial charge in [0.25, 0.3) is 15.9 Å². The summed E-state index contributed by atoms with van der Waals surface area (Å²) >= 11 is 1.22. The van der Waals surface area contributed by atoms with E-state index in [1.807, 2.05) is 13.8 Å². The molecule has 25 heavy (non-hydrogen) atoms. The fraction of sp³-hybridized carbons (Fsp3) is 0.353. The normalized spacial score (nSPS) is 18.2. The van der Waals surface area contributed by atoms with Crippen LogP contribution < -0.4 is 4.72 Å². The number of thiophene rings is 1. The molecule has 1 fully saturated rings. The molecule has 1 saturated heterocycles. The van der Waals surface area contributed by atoms with Crippen molar-refractivity contribution >= 4 is 33.0 Å². The monoisotopic (exact) mass is 380 g/mol. The quantitative estimate of drug-likeness (QED) is 0.885. The van der Waals surface area contributed by atoms with Crippen LogP contribution in [-0.4, -0.2) is 45.0 Å². The van der Waals surface area contributed by atoms with E-state index < -0.39 is 10.0 Å². The van der Waals surface area contributed by atoms with E-state index in [4.69, 9.17) is 4.74 Å². The van der Waals surface area contributed by atoms with Crippen LogP contribution in [0.15, 0.2) is 40.6 Å². The van der Waals surface area contributed by atoms with Crippen LogP contribution in [0, 0.1) is 6.92 Å². The van der Waals surface area contributed by atoms with Crippen LogP contribution in [0.1, 0.15) is 22.2 Å². The van der Waals surface area contributed by atoms with Crippen LogP contribution >= 0.6 is 11.3 Å². The highest BCUT2D eigenvalue weighted by Gasteiger charge is 2.22. The van der Waals surface area contributed by atoms with Crippen molar-refractivity contribution in [1.29, 1.82) is 0 Å². The Labute approximate surface area is 151 Å². The Morgan fingerprint density at radius 2 is 1.96 bits per heavy atom. The third kappa shape index (κ3) is 4.20. The van der Waals surface area contributed by atoms with Crippen LogP contribution in [0.3, 0.4) is 0 Å². The molecule has 134 valence electrons. The molecule has 6 nitrogen and oxygen atoms in total. The summed E-state index contributed by atoms with van der Waals surface area (Å²) < 4.78 is 32.9. The Balaban J connectivity index is 1.71. The maximum atomic E-state index is 12.5. The summed E-state index contributed by atoms with van der Waals surface area (Å²) in [4.78, 5) is 15.2. The Bertz CT molecular complexity index is 859. The highest BCUT2D eigenvalue weighted by molar-refractivity contribution is 7.94. The number of carbonyl (C=O) groups is 1. The first-order chi connectivity index (χ1) is 11.8. The number of ether oxygens (including phenoxy) is 1. The lowest BCUT2D eigenvalue weighted by Gasteiger charge is -2.31. The smallest absolute Gasteiger partial charge is 0.271 e. The third-order valence-corrected chi connectivity index (χ3v) is 6.77. The summed E-state index contributed by atoms with van der Waals surface area (Å²) in [6.07, 6.45) is 0.0260. The first-order valence-electron chi connectivity index (χ1n) is 7.95. The third-order valence-electron chi connectivity index (χ3n) is 3.89. The van der Waals surface area contributed by atoms with Gasteiger partial charge in [0.1, 0.15) is 4.21 Å². The van der Waals surface area contributed by atoms with Gasteiger partial charge in [-0.15, -0.1) is 11.3 Å². The molecule has 1 unspecified atom stereocenters. The highest BCUT2D eigenvalue weighted by atomic mass is 32.2. The predicted octanol–water partition coefficient (Wildman–Crippen LogP) is 2.72. The average molecular weight is 380 g/mol. The van der Waals surface area contributed by atoms with Crippen LogP contribution in [0.5, 0.6) is 0 Å². The van der Waals surface area contributed by atoms with Crippen LogP contribution in [0.25, 0.3) is 0 Å². The van der Waals surface area contributed by atoms with Gasteiger partial charge in [0.15, 0.2) is 0 Å². The molecular weight excluding hydrogens is 360 g/mol. The number of nitrogens with zero attached hydrogens (tertiary/aromatic N) is 1. The molecule has 0 radical (unpaired) electrons. The van der Waals surface area contributed by atoms with Gasteiger partial charge in [-0.1, -0.05) is 0 Å². The number of nitrogens with one attached hydrogen (secondary N) is 1. The number of hydrogen-bond acceptors (Lipinski definition) is 5. The molecule has 0 bridgehead atoms. The molecule has 1 aromatic heterocycles. The van der Waals surface area contributed by atoms with E-state index in [2.05, 4.69) is 4.72 Å². The first-order valence-corrected chi connectivity index (χ1v) is 10.3. The van der Waals surface area contributed by atoms with Crippen LogP contribution in [-0.2, 0) is 14.8 Å². The largest absolute Gasteiger partial charge is 0.375 e. The van der Waals surface area contributed by atoms with E-state index in [1.54, 1.807) is 41.3 Å². The fourth-order valence-corrected chi connectivity index (χ4v) is 4.97. The SMILES string of the molecule is Cc1ccc(S(=O)(=O)Nc2ccc(C(=O)N3CCOC(C)C3)cc2)s1. The number of amides is 1. The molecular formula is C17H20N2O4S2. The van der Waals surface area contributed by atoms with E-state index in [0.717, 1.165) is 4.88 Å².